The van der Waals surface area contributed by atoms with Gasteiger partial charge in [-0.25, -0.2) is 0 Å². The van der Waals surface area contributed by atoms with Crippen LogP contribution in [0.15, 0.2) is 27.2 Å². The van der Waals surface area contributed by atoms with Crippen LogP contribution in [0.25, 0.3) is 11.0 Å². The Balaban J connectivity index is 2.80. The Morgan fingerprint density at radius 1 is 1.50 bits per heavy atom. The molecule has 0 saturated carbocycles. The lowest BCUT2D eigenvalue weighted by Gasteiger charge is -1.89. The Morgan fingerprint density at radius 2 is 2.33 bits per heavy atom. The van der Waals surface area contributed by atoms with Crippen LogP contribution in [0, 0.1) is 0 Å². The van der Waals surface area contributed by atoms with Crippen LogP contribution in [-0.4, -0.2) is 10.3 Å². The van der Waals surface area contributed by atoms with Gasteiger partial charge in [0.2, 0.25) is 0 Å². The molecule has 0 spiro atoms. The first-order chi connectivity index (χ1) is 5.83. The predicted molar refractivity (Wildman–Crippen MR) is 47.6 cm³/mol. The minimum atomic E-state index is -0.0938. The molecule has 0 aliphatic carbocycles. The number of benzene rings is 1. The molecule has 1 aromatic carbocycles. The molecule has 0 amide bonds. The lowest BCUT2D eigenvalue weighted by Crippen LogP contribution is -1.81. The van der Waals surface area contributed by atoms with E-state index in [9.17, 15) is 0 Å². The minimum Gasteiger partial charge on any atom is -0.390 e. The average molecular weight is 228 g/mol. The first-order valence-corrected chi connectivity index (χ1v) is 4.26. The van der Waals surface area contributed by atoms with Gasteiger partial charge in [-0.3, -0.25) is 0 Å². The summed E-state index contributed by atoms with van der Waals surface area (Å²) in [6.07, 6.45) is 0. The van der Waals surface area contributed by atoms with Gasteiger partial charge in [0.15, 0.2) is 5.58 Å². The molecule has 0 bridgehead atoms. The highest BCUT2D eigenvalue weighted by atomic mass is 79.9. The molecule has 0 aliphatic rings. The largest absolute Gasteiger partial charge is 0.390 e. The fourth-order valence-electron chi connectivity index (χ4n) is 1.09. The number of aliphatic hydroxyl groups excluding tert-OH is 1. The van der Waals surface area contributed by atoms with Crippen molar-refractivity contribution in [1.82, 2.24) is 5.16 Å². The Labute approximate surface area is 77.1 Å². The fraction of sp³-hybridized carbons (Fsp3) is 0.125. The highest BCUT2D eigenvalue weighted by Gasteiger charge is 2.08. The van der Waals surface area contributed by atoms with E-state index in [1.54, 1.807) is 0 Å². The van der Waals surface area contributed by atoms with E-state index >= 15 is 0 Å². The van der Waals surface area contributed by atoms with Crippen molar-refractivity contribution in [1.29, 1.82) is 0 Å². The number of halogens is 1. The van der Waals surface area contributed by atoms with Crippen molar-refractivity contribution in [3.63, 3.8) is 0 Å². The highest BCUT2D eigenvalue weighted by molar-refractivity contribution is 9.10. The summed E-state index contributed by atoms with van der Waals surface area (Å²) in [6.45, 7) is -0.0938. The molecule has 0 aliphatic heterocycles. The zero-order valence-corrected chi connectivity index (χ0v) is 7.71. The maximum Gasteiger partial charge on any atom is 0.181 e. The molecule has 1 N–H and O–H groups in total. The van der Waals surface area contributed by atoms with Crippen LogP contribution in [0.5, 0.6) is 0 Å². The molecular formula is C8H6BrNO2. The van der Waals surface area contributed by atoms with Crippen molar-refractivity contribution >= 4 is 26.9 Å². The zero-order valence-electron chi connectivity index (χ0n) is 6.12. The smallest absolute Gasteiger partial charge is 0.181 e. The van der Waals surface area contributed by atoms with Crippen LogP contribution in [0.2, 0.25) is 0 Å². The van der Waals surface area contributed by atoms with Gasteiger partial charge in [-0.05, 0) is 28.1 Å². The molecule has 1 aromatic heterocycles. The van der Waals surface area contributed by atoms with Crippen molar-refractivity contribution in [3.8, 4) is 0 Å². The van der Waals surface area contributed by atoms with Gasteiger partial charge in [0.05, 0.1) is 11.1 Å². The average Bonchev–Trinajstić information content (AvgIpc) is 2.49. The summed E-state index contributed by atoms with van der Waals surface area (Å²) < 4.78 is 5.87. The van der Waals surface area contributed by atoms with Crippen molar-refractivity contribution in [3.05, 3.63) is 28.4 Å². The van der Waals surface area contributed by atoms with E-state index in [-0.39, 0.29) is 6.61 Å². The number of hydrogen-bond donors (Lipinski definition) is 1. The number of hydrogen-bond acceptors (Lipinski definition) is 3. The maximum atomic E-state index is 8.88. The van der Waals surface area contributed by atoms with Crippen LogP contribution < -0.4 is 0 Å². The second kappa shape index (κ2) is 2.88. The number of aromatic nitrogens is 1. The number of aliphatic hydroxyl groups is 1. The normalized spacial score (nSPS) is 10.8. The summed E-state index contributed by atoms with van der Waals surface area (Å²) >= 11 is 3.32. The molecule has 2 rings (SSSR count). The van der Waals surface area contributed by atoms with Gasteiger partial charge in [0.1, 0.15) is 5.69 Å². The maximum absolute atomic E-state index is 8.88. The standard InChI is InChI=1S/C8H6BrNO2/c9-6-3-1-2-5-7(4-11)10-12-8(5)6/h1-3,11H,4H2. The molecule has 0 saturated heterocycles. The van der Waals surface area contributed by atoms with Crippen molar-refractivity contribution in [2.45, 2.75) is 6.61 Å². The molecule has 0 fully saturated rings. The second-order valence-corrected chi connectivity index (χ2v) is 3.26. The van der Waals surface area contributed by atoms with E-state index in [2.05, 4.69) is 21.1 Å². The summed E-state index contributed by atoms with van der Waals surface area (Å²) in [6, 6.07) is 5.61. The van der Waals surface area contributed by atoms with Crippen LogP contribution in [0.3, 0.4) is 0 Å². The van der Waals surface area contributed by atoms with E-state index in [0.29, 0.717) is 11.3 Å². The third-order valence-electron chi connectivity index (χ3n) is 1.67. The minimum absolute atomic E-state index is 0.0938. The first-order valence-electron chi connectivity index (χ1n) is 3.46. The topological polar surface area (TPSA) is 46.3 Å². The van der Waals surface area contributed by atoms with Crippen LogP contribution in [0.1, 0.15) is 5.69 Å². The monoisotopic (exact) mass is 227 g/mol. The SMILES string of the molecule is OCc1noc2c(Br)cccc12. The molecule has 62 valence electrons. The number of nitrogens with zero attached hydrogens (tertiary/aromatic N) is 1. The van der Waals surface area contributed by atoms with Crippen molar-refractivity contribution in [2.24, 2.45) is 0 Å². The van der Waals surface area contributed by atoms with Gasteiger partial charge in [-0.15, -0.1) is 0 Å². The van der Waals surface area contributed by atoms with E-state index < -0.39 is 0 Å². The van der Waals surface area contributed by atoms with E-state index in [1.807, 2.05) is 18.2 Å². The Bertz CT molecular complexity index is 410. The quantitative estimate of drug-likeness (QED) is 0.812. The third kappa shape index (κ3) is 1.04. The Hall–Kier alpha value is -0.870. The fourth-order valence-corrected chi connectivity index (χ4v) is 1.53. The molecule has 0 unspecified atom stereocenters. The lowest BCUT2D eigenvalue weighted by molar-refractivity contribution is 0.269. The van der Waals surface area contributed by atoms with Crippen LogP contribution in [0.4, 0.5) is 0 Å². The van der Waals surface area contributed by atoms with E-state index in [1.165, 1.54) is 0 Å². The number of fused-ring (bicyclic) bond motifs is 1. The summed E-state index contributed by atoms with van der Waals surface area (Å²) in [5, 5.41) is 13.5. The van der Waals surface area contributed by atoms with Gasteiger partial charge < -0.3 is 9.63 Å². The molecule has 4 heteroatoms. The lowest BCUT2D eigenvalue weighted by atomic mass is 10.2. The molecule has 0 radical (unpaired) electrons. The Kier molecular flexibility index (Phi) is 1.86. The van der Waals surface area contributed by atoms with Gasteiger partial charge in [0, 0.05) is 5.39 Å². The number of rotatable bonds is 1. The number of para-hydroxylation sites is 1. The Morgan fingerprint density at radius 3 is 3.08 bits per heavy atom. The van der Waals surface area contributed by atoms with Gasteiger partial charge in [0.25, 0.3) is 0 Å². The summed E-state index contributed by atoms with van der Waals surface area (Å²) in [5.41, 5.74) is 1.26. The molecule has 3 nitrogen and oxygen atoms in total. The van der Waals surface area contributed by atoms with Crippen molar-refractivity contribution in [2.75, 3.05) is 0 Å². The van der Waals surface area contributed by atoms with Gasteiger partial charge in [-0.1, -0.05) is 11.2 Å². The van der Waals surface area contributed by atoms with Crippen LogP contribution in [-0.2, 0) is 6.61 Å². The second-order valence-electron chi connectivity index (χ2n) is 2.40. The summed E-state index contributed by atoms with van der Waals surface area (Å²) in [4.78, 5) is 0. The van der Waals surface area contributed by atoms with Crippen molar-refractivity contribution < 1.29 is 9.63 Å². The molecular weight excluding hydrogens is 222 g/mol. The van der Waals surface area contributed by atoms with E-state index in [0.717, 1.165) is 9.86 Å². The molecule has 1 heterocycles. The molecule has 2 aromatic rings. The third-order valence-corrected chi connectivity index (χ3v) is 2.30. The van der Waals surface area contributed by atoms with E-state index in [4.69, 9.17) is 9.63 Å². The molecule has 0 atom stereocenters. The molecule has 12 heavy (non-hydrogen) atoms. The van der Waals surface area contributed by atoms with Gasteiger partial charge in [-0.2, -0.15) is 0 Å². The van der Waals surface area contributed by atoms with Crippen LogP contribution >= 0.6 is 15.9 Å². The zero-order chi connectivity index (χ0) is 8.55. The summed E-state index contributed by atoms with van der Waals surface area (Å²) in [5.74, 6) is 0. The summed E-state index contributed by atoms with van der Waals surface area (Å²) in [7, 11) is 0. The highest BCUT2D eigenvalue weighted by Crippen LogP contribution is 2.25. The van der Waals surface area contributed by atoms with Gasteiger partial charge >= 0.3 is 0 Å². The predicted octanol–water partition coefficient (Wildman–Crippen LogP) is 2.08. The first kappa shape index (κ1) is 7.76.